The zero-order valence-electron chi connectivity index (χ0n) is 12.5. The first-order valence-electron chi connectivity index (χ1n) is 7.27. The Bertz CT molecular complexity index is 630. The maximum atomic E-state index is 6.09. The van der Waals surface area contributed by atoms with Gasteiger partial charge in [-0.2, -0.15) is 5.10 Å². The minimum absolute atomic E-state index is 0.325. The molecule has 2 aromatic rings. The van der Waals surface area contributed by atoms with Crippen LogP contribution in [-0.4, -0.2) is 30.5 Å². The summed E-state index contributed by atoms with van der Waals surface area (Å²) in [5.74, 6) is 1.71. The minimum atomic E-state index is 0.325. The number of anilines is 1. The SMILES string of the molecule is COc1cc(-c2c(N)n[nH]c2C2CCCOC2)ccc1C. The molecule has 1 fully saturated rings. The van der Waals surface area contributed by atoms with Crippen molar-refractivity contribution >= 4 is 5.82 Å². The summed E-state index contributed by atoms with van der Waals surface area (Å²) in [5.41, 5.74) is 10.3. The van der Waals surface area contributed by atoms with Gasteiger partial charge in [0.15, 0.2) is 5.82 Å². The van der Waals surface area contributed by atoms with E-state index in [1.807, 2.05) is 19.1 Å². The van der Waals surface area contributed by atoms with Crippen LogP contribution >= 0.6 is 0 Å². The summed E-state index contributed by atoms with van der Waals surface area (Å²) < 4.78 is 11.0. The van der Waals surface area contributed by atoms with Crippen LogP contribution in [0.4, 0.5) is 5.82 Å². The molecule has 21 heavy (non-hydrogen) atoms. The van der Waals surface area contributed by atoms with Crippen LogP contribution in [0.5, 0.6) is 5.75 Å². The topological polar surface area (TPSA) is 73.2 Å². The third-order valence-corrected chi connectivity index (χ3v) is 4.09. The van der Waals surface area contributed by atoms with E-state index >= 15 is 0 Å². The zero-order valence-corrected chi connectivity index (χ0v) is 12.5. The molecule has 1 saturated heterocycles. The molecule has 1 unspecified atom stereocenters. The molecule has 0 aliphatic carbocycles. The second-order valence-corrected chi connectivity index (χ2v) is 5.50. The lowest BCUT2D eigenvalue weighted by atomic mass is 9.92. The number of nitrogens with one attached hydrogen (secondary N) is 1. The van der Waals surface area contributed by atoms with Crippen molar-refractivity contribution in [1.82, 2.24) is 10.2 Å². The van der Waals surface area contributed by atoms with Gasteiger partial charge in [0.05, 0.1) is 19.4 Å². The maximum absolute atomic E-state index is 6.09. The molecule has 1 atom stereocenters. The van der Waals surface area contributed by atoms with Gasteiger partial charge in [-0.25, -0.2) is 0 Å². The molecule has 2 heterocycles. The maximum Gasteiger partial charge on any atom is 0.153 e. The molecular weight excluding hydrogens is 266 g/mol. The fourth-order valence-electron chi connectivity index (χ4n) is 2.91. The first-order valence-corrected chi connectivity index (χ1v) is 7.27. The van der Waals surface area contributed by atoms with Crippen molar-refractivity contribution < 1.29 is 9.47 Å². The van der Waals surface area contributed by atoms with Gasteiger partial charge in [-0.05, 0) is 37.0 Å². The number of H-pyrrole nitrogens is 1. The lowest BCUT2D eigenvalue weighted by Crippen LogP contribution is -2.16. The molecule has 0 bridgehead atoms. The Morgan fingerprint density at radius 1 is 1.43 bits per heavy atom. The average molecular weight is 287 g/mol. The molecule has 1 aliphatic heterocycles. The van der Waals surface area contributed by atoms with Gasteiger partial charge in [0.25, 0.3) is 0 Å². The summed E-state index contributed by atoms with van der Waals surface area (Å²) in [5, 5.41) is 7.30. The lowest BCUT2D eigenvalue weighted by Gasteiger charge is -2.22. The van der Waals surface area contributed by atoms with Crippen LogP contribution in [0.2, 0.25) is 0 Å². The van der Waals surface area contributed by atoms with Gasteiger partial charge in [0.1, 0.15) is 5.75 Å². The quantitative estimate of drug-likeness (QED) is 0.910. The molecule has 1 aromatic carbocycles. The molecule has 0 radical (unpaired) electrons. The van der Waals surface area contributed by atoms with E-state index in [1.54, 1.807) is 7.11 Å². The number of hydrogen-bond donors (Lipinski definition) is 2. The fraction of sp³-hybridized carbons (Fsp3) is 0.438. The Hall–Kier alpha value is -2.01. The second-order valence-electron chi connectivity index (χ2n) is 5.50. The number of nitrogens with two attached hydrogens (primary N) is 1. The van der Waals surface area contributed by atoms with Gasteiger partial charge in [0.2, 0.25) is 0 Å². The van der Waals surface area contributed by atoms with Crippen LogP contribution in [0.15, 0.2) is 18.2 Å². The van der Waals surface area contributed by atoms with Gasteiger partial charge in [-0.1, -0.05) is 12.1 Å². The van der Waals surface area contributed by atoms with Crippen LogP contribution in [-0.2, 0) is 4.74 Å². The number of methoxy groups -OCH3 is 1. The fourth-order valence-corrected chi connectivity index (χ4v) is 2.91. The number of benzene rings is 1. The molecule has 5 nitrogen and oxygen atoms in total. The van der Waals surface area contributed by atoms with Crippen molar-refractivity contribution in [2.45, 2.75) is 25.7 Å². The van der Waals surface area contributed by atoms with E-state index in [4.69, 9.17) is 15.2 Å². The highest BCUT2D eigenvalue weighted by Crippen LogP contribution is 2.37. The largest absolute Gasteiger partial charge is 0.496 e. The molecule has 0 spiro atoms. The Labute approximate surface area is 124 Å². The molecule has 3 rings (SSSR count). The third-order valence-electron chi connectivity index (χ3n) is 4.09. The average Bonchev–Trinajstić information content (AvgIpc) is 2.90. The summed E-state index contributed by atoms with van der Waals surface area (Å²) in [6, 6.07) is 6.12. The van der Waals surface area contributed by atoms with E-state index in [0.29, 0.717) is 11.7 Å². The number of hydrogen-bond acceptors (Lipinski definition) is 4. The molecule has 3 N–H and O–H groups in total. The molecule has 0 amide bonds. The Balaban J connectivity index is 2.03. The number of aromatic amines is 1. The van der Waals surface area contributed by atoms with Crippen molar-refractivity contribution in [1.29, 1.82) is 0 Å². The van der Waals surface area contributed by atoms with Gasteiger partial charge in [0, 0.05) is 18.1 Å². The summed E-state index contributed by atoms with van der Waals surface area (Å²) >= 11 is 0. The highest BCUT2D eigenvalue weighted by Gasteiger charge is 2.24. The van der Waals surface area contributed by atoms with Crippen LogP contribution in [0.1, 0.15) is 30.0 Å². The highest BCUT2D eigenvalue weighted by atomic mass is 16.5. The second kappa shape index (κ2) is 5.77. The highest BCUT2D eigenvalue weighted by molar-refractivity contribution is 5.78. The van der Waals surface area contributed by atoms with Gasteiger partial charge < -0.3 is 15.2 Å². The van der Waals surface area contributed by atoms with Crippen molar-refractivity contribution in [3.8, 4) is 16.9 Å². The van der Waals surface area contributed by atoms with Gasteiger partial charge >= 0.3 is 0 Å². The summed E-state index contributed by atoms with van der Waals surface area (Å²) in [7, 11) is 1.68. The molecule has 112 valence electrons. The van der Waals surface area contributed by atoms with Crippen LogP contribution < -0.4 is 10.5 Å². The van der Waals surface area contributed by atoms with Crippen LogP contribution in [0.25, 0.3) is 11.1 Å². The molecule has 0 saturated carbocycles. The molecule has 1 aliphatic rings. The van der Waals surface area contributed by atoms with Crippen molar-refractivity contribution in [2.75, 3.05) is 26.1 Å². The standard InChI is InChI=1S/C16H21N3O2/c1-10-5-6-11(8-13(10)20-2)14-15(18-19-16(14)17)12-4-3-7-21-9-12/h5-6,8,12H,3-4,7,9H2,1-2H3,(H3,17,18,19). The number of rotatable bonds is 3. The van der Waals surface area contributed by atoms with Crippen molar-refractivity contribution in [2.24, 2.45) is 0 Å². The van der Waals surface area contributed by atoms with Crippen LogP contribution in [0.3, 0.4) is 0 Å². The van der Waals surface area contributed by atoms with E-state index in [9.17, 15) is 0 Å². The number of ether oxygens (including phenoxy) is 2. The predicted molar refractivity (Wildman–Crippen MR) is 82.5 cm³/mol. The first-order chi connectivity index (χ1) is 10.2. The normalized spacial score (nSPS) is 18.7. The van der Waals surface area contributed by atoms with Gasteiger partial charge in [-0.15, -0.1) is 0 Å². The van der Waals surface area contributed by atoms with E-state index < -0.39 is 0 Å². The van der Waals surface area contributed by atoms with Gasteiger partial charge in [-0.3, -0.25) is 5.10 Å². The lowest BCUT2D eigenvalue weighted by molar-refractivity contribution is 0.0794. The van der Waals surface area contributed by atoms with Crippen molar-refractivity contribution in [3.63, 3.8) is 0 Å². The summed E-state index contributed by atoms with van der Waals surface area (Å²) in [6.45, 7) is 3.59. The Morgan fingerprint density at radius 2 is 2.29 bits per heavy atom. The first kappa shape index (κ1) is 13.9. The Morgan fingerprint density at radius 3 is 3.00 bits per heavy atom. The zero-order chi connectivity index (χ0) is 14.8. The number of nitrogen functional groups attached to an aromatic ring is 1. The van der Waals surface area contributed by atoms with Crippen LogP contribution in [0, 0.1) is 6.92 Å². The number of nitrogens with zero attached hydrogens (tertiary/aromatic N) is 1. The summed E-state index contributed by atoms with van der Waals surface area (Å²) in [6.07, 6.45) is 2.16. The molecular formula is C16H21N3O2. The van der Waals surface area contributed by atoms with Crippen molar-refractivity contribution in [3.05, 3.63) is 29.5 Å². The monoisotopic (exact) mass is 287 g/mol. The van der Waals surface area contributed by atoms with E-state index in [-0.39, 0.29) is 0 Å². The smallest absolute Gasteiger partial charge is 0.153 e. The molecule has 5 heteroatoms. The summed E-state index contributed by atoms with van der Waals surface area (Å²) in [4.78, 5) is 0. The number of aromatic nitrogens is 2. The Kier molecular flexibility index (Phi) is 3.84. The number of aryl methyl sites for hydroxylation is 1. The third kappa shape index (κ3) is 2.61. The van der Waals surface area contributed by atoms with E-state index in [2.05, 4.69) is 16.3 Å². The predicted octanol–water partition coefficient (Wildman–Crippen LogP) is 2.87. The van der Waals surface area contributed by atoms with E-state index in [1.165, 1.54) is 0 Å². The van der Waals surface area contributed by atoms with E-state index in [0.717, 1.165) is 54.2 Å². The molecule has 1 aromatic heterocycles. The minimum Gasteiger partial charge on any atom is -0.496 e.